The predicted octanol–water partition coefficient (Wildman–Crippen LogP) is 3.50. The molecule has 0 spiro atoms. The highest BCUT2D eigenvalue weighted by molar-refractivity contribution is 7.92. The highest BCUT2D eigenvalue weighted by atomic mass is 35.5. The van der Waals surface area contributed by atoms with Crippen molar-refractivity contribution in [2.75, 3.05) is 22.4 Å². The van der Waals surface area contributed by atoms with Crippen molar-refractivity contribution in [3.63, 3.8) is 0 Å². The molecule has 5 nitrogen and oxygen atoms in total. The zero-order valence-electron chi connectivity index (χ0n) is 14.0. The fraction of sp³-hybridized carbons (Fsp3) is 0.235. The van der Waals surface area contributed by atoms with Crippen LogP contribution in [0.2, 0.25) is 5.02 Å². The number of hydrogen-bond donors (Lipinski definition) is 1. The summed E-state index contributed by atoms with van der Waals surface area (Å²) in [5.74, 6) is -1.16. The molecule has 2 aromatic carbocycles. The topological polar surface area (TPSA) is 66.5 Å². The molecule has 0 heterocycles. The number of carbonyl (C=O) groups is 1. The Morgan fingerprint density at radius 2 is 1.88 bits per heavy atom. The molecule has 2 aromatic rings. The average molecular weight is 385 g/mol. The van der Waals surface area contributed by atoms with Gasteiger partial charge in [-0.3, -0.25) is 9.10 Å². The fourth-order valence-electron chi connectivity index (χ4n) is 2.27. The lowest BCUT2D eigenvalue weighted by molar-refractivity contribution is -0.114. The summed E-state index contributed by atoms with van der Waals surface area (Å²) in [4.78, 5) is 12.3. The van der Waals surface area contributed by atoms with Gasteiger partial charge in [0.1, 0.15) is 12.4 Å². The molecule has 0 aliphatic rings. The number of anilines is 2. The Hall–Kier alpha value is -2.12. The first kappa shape index (κ1) is 19.2. The van der Waals surface area contributed by atoms with E-state index in [0.717, 1.165) is 27.8 Å². The summed E-state index contributed by atoms with van der Waals surface area (Å²) in [6, 6.07) is 9.09. The number of carbonyl (C=O) groups excluding carboxylic acids is 1. The Bertz CT molecular complexity index is 916. The highest BCUT2D eigenvalue weighted by Crippen LogP contribution is 2.24. The molecular weight excluding hydrogens is 367 g/mol. The molecule has 8 heteroatoms. The van der Waals surface area contributed by atoms with Crippen molar-refractivity contribution < 1.29 is 17.6 Å². The van der Waals surface area contributed by atoms with E-state index in [0.29, 0.717) is 5.69 Å². The standard InChI is InChI=1S/C17H18ClFN2O3S/c1-11-4-5-12(2)16(8-11)21(25(3,23)24)10-17(22)20-13-6-7-15(19)14(18)9-13/h4-9H,10H2,1-3H3,(H,20,22). The number of amides is 1. The van der Waals surface area contributed by atoms with Crippen molar-refractivity contribution in [1.82, 2.24) is 0 Å². The number of nitrogens with zero attached hydrogens (tertiary/aromatic N) is 1. The quantitative estimate of drug-likeness (QED) is 0.857. The number of hydrogen-bond acceptors (Lipinski definition) is 3. The van der Waals surface area contributed by atoms with Gasteiger partial charge in [0.15, 0.2) is 0 Å². The maximum absolute atomic E-state index is 13.2. The third kappa shape index (κ3) is 4.93. The zero-order valence-corrected chi connectivity index (χ0v) is 15.6. The molecule has 25 heavy (non-hydrogen) atoms. The smallest absolute Gasteiger partial charge is 0.245 e. The number of halogens is 2. The van der Waals surface area contributed by atoms with Gasteiger partial charge in [-0.25, -0.2) is 12.8 Å². The van der Waals surface area contributed by atoms with Crippen LogP contribution in [-0.4, -0.2) is 27.1 Å². The maximum atomic E-state index is 13.2. The van der Waals surface area contributed by atoms with E-state index in [4.69, 9.17) is 11.6 Å². The molecule has 0 atom stereocenters. The second-order valence-electron chi connectivity index (χ2n) is 5.74. The summed E-state index contributed by atoms with van der Waals surface area (Å²) in [6.07, 6.45) is 1.04. The van der Waals surface area contributed by atoms with E-state index in [1.165, 1.54) is 12.1 Å². The van der Waals surface area contributed by atoms with Gasteiger partial charge in [-0.2, -0.15) is 0 Å². The molecule has 0 aliphatic carbocycles. The summed E-state index contributed by atoms with van der Waals surface area (Å²) in [5.41, 5.74) is 2.33. The summed E-state index contributed by atoms with van der Waals surface area (Å²) in [7, 11) is -3.67. The van der Waals surface area contributed by atoms with Gasteiger partial charge in [-0.05, 0) is 49.2 Å². The van der Waals surface area contributed by atoms with Crippen molar-refractivity contribution in [3.05, 3.63) is 58.4 Å². The summed E-state index contributed by atoms with van der Waals surface area (Å²) in [5, 5.41) is 2.39. The number of sulfonamides is 1. The largest absolute Gasteiger partial charge is 0.324 e. The highest BCUT2D eigenvalue weighted by Gasteiger charge is 2.22. The van der Waals surface area contributed by atoms with Crippen LogP contribution in [0.25, 0.3) is 0 Å². The number of rotatable bonds is 5. The second kappa shape index (κ2) is 7.41. The number of aryl methyl sites for hydroxylation is 2. The van der Waals surface area contributed by atoms with Gasteiger partial charge in [0.25, 0.3) is 0 Å². The van der Waals surface area contributed by atoms with Crippen molar-refractivity contribution in [2.24, 2.45) is 0 Å². The minimum absolute atomic E-state index is 0.132. The van der Waals surface area contributed by atoms with Crippen LogP contribution in [0.5, 0.6) is 0 Å². The molecule has 0 aliphatic heterocycles. The first-order chi connectivity index (χ1) is 11.6. The Balaban J connectivity index is 2.27. The van der Waals surface area contributed by atoms with Gasteiger partial charge in [0.05, 0.1) is 17.0 Å². The molecule has 0 saturated heterocycles. The molecule has 0 aromatic heterocycles. The van der Waals surface area contributed by atoms with Crippen LogP contribution in [0, 0.1) is 19.7 Å². The molecule has 2 rings (SSSR count). The molecule has 0 saturated carbocycles. The molecule has 0 fully saturated rings. The van der Waals surface area contributed by atoms with Gasteiger partial charge < -0.3 is 5.32 Å². The van der Waals surface area contributed by atoms with E-state index in [2.05, 4.69) is 5.32 Å². The van der Waals surface area contributed by atoms with Crippen LogP contribution >= 0.6 is 11.6 Å². The van der Waals surface area contributed by atoms with Crippen molar-refractivity contribution in [2.45, 2.75) is 13.8 Å². The molecule has 1 amide bonds. The lowest BCUT2D eigenvalue weighted by Gasteiger charge is -2.24. The van der Waals surface area contributed by atoms with E-state index >= 15 is 0 Å². The molecule has 134 valence electrons. The van der Waals surface area contributed by atoms with E-state index in [1.54, 1.807) is 19.1 Å². The van der Waals surface area contributed by atoms with Crippen molar-refractivity contribution in [1.29, 1.82) is 0 Å². The van der Waals surface area contributed by atoms with E-state index in [-0.39, 0.29) is 10.7 Å². The van der Waals surface area contributed by atoms with Crippen LogP contribution in [0.1, 0.15) is 11.1 Å². The Morgan fingerprint density at radius 1 is 1.20 bits per heavy atom. The molecule has 0 radical (unpaired) electrons. The first-order valence-electron chi connectivity index (χ1n) is 7.38. The Labute approximate surface area is 151 Å². The lowest BCUT2D eigenvalue weighted by Crippen LogP contribution is -2.37. The van der Waals surface area contributed by atoms with Gasteiger partial charge in [0.2, 0.25) is 15.9 Å². The van der Waals surface area contributed by atoms with E-state index < -0.39 is 28.3 Å². The molecule has 0 bridgehead atoms. The van der Waals surface area contributed by atoms with Crippen molar-refractivity contribution >= 4 is 38.9 Å². The van der Waals surface area contributed by atoms with Crippen LogP contribution in [-0.2, 0) is 14.8 Å². The molecule has 1 N–H and O–H groups in total. The minimum atomic E-state index is -3.67. The minimum Gasteiger partial charge on any atom is -0.324 e. The van der Waals surface area contributed by atoms with Crippen LogP contribution in [0.4, 0.5) is 15.8 Å². The van der Waals surface area contributed by atoms with Crippen LogP contribution in [0.3, 0.4) is 0 Å². The van der Waals surface area contributed by atoms with Crippen molar-refractivity contribution in [3.8, 4) is 0 Å². The van der Waals surface area contributed by atoms with Crippen LogP contribution in [0.15, 0.2) is 36.4 Å². The second-order valence-corrected chi connectivity index (χ2v) is 8.05. The lowest BCUT2D eigenvalue weighted by atomic mass is 10.1. The zero-order chi connectivity index (χ0) is 18.8. The third-order valence-corrected chi connectivity index (χ3v) is 4.94. The maximum Gasteiger partial charge on any atom is 0.245 e. The molecular formula is C17H18ClFN2O3S. The van der Waals surface area contributed by atoms with Gasteiger partial charge in [-0.15, -0.1) is 0 Å². The first-order valence-corrected chi connectivity index (χ1v) is 9.60. The van der Waals surface area contributed by atoms with Gasteiger partial charge in [0, 0.05) is 5.69 Å². The normalized spacial score (nSPS) is 11.2. The summed E-state index contributed by atoms with van der Waals surface area (Å²) >= 11 is 5.68. The summed E-state index contributed by atoms with van der Waals surface area (Å²) < 4.78 is 38.5. The third-order valence-electron chi connectivity index (χ3n) is 3.52. The predicted molar refractivity (Wildman–Crippen MR) is 98.1 cm³/mol. The van der Waals surface area contributed by atoms with E-state index in [9.17, 15) is 17.6 Å². The number of nitrogens with one attached hydrogen (secondary N) is 1. The molecule has 0 unspecified atom stereocenters. The number of benzene rings is 2. The van der Waals surface area contributed by atoms with Gasteiger partial charge in [-0.1, -0.05) is 23.7 Å². The Kier molecular flexibility index (Phi) is 5.69. The van der Waals surface area contributed by atoms with E-state index in [1.807, 2.05) is 13.0 Å². The van der Waals surface area contributed by atoms with Crippen LogP contribution < -0.4 is 9.62 Å². The monoisotopic (exact) mass is 384 g/mol. The average Bonchev–Trinajstić information content (AvgIpc) is 2.50. The fourth-order valence-corrected chi connectivity index (χ4v) is 3.36. The summed E-state index contributed by atoms with van der Waals surface area (Å²) in [6.45, 7) is 3.20. The Morgan fingerprint density at radius 3 is 2.48 bits per heavy atom. The SMILES string of the molecule is Cc1ccc(C)c(N(CC(=O)Nc2ccc(F)c(Cl)c2)S(C)(=O)=O)c1. The van der Waals surface area contributed by atoms with Gasteiger partial charge >= 0.3 is 0 Å².